The van der Waals surface area contributed by atoms with E-state index in [0.717, 1.165) is 6.04 Å². The highest BCUT2D eigenvalue weighted by atomic mass is 15.2. The van der Waals surface area contributed by atoms with E-state index in [1.54, 1.807) is 0 Å². The molecule has 0 saturated carbocycles. The molecule has 1 atom stereocenters. The highest BCUT2D eigenvalue weighted by molar-refractivity contribution is 5.47. The summed E-state index contributed by atoms with van der Waals surface area (Å²) in [4.78, 5) is 5.23. The zero-order valence-electron chi connectivity index (χ0n) is 10.4. The molecular formula is C15H21N2. The Labute approximate surface area is 104 Å². The van der Waals surface area contributed by atoms with Crippen molar-refractivity contribution in [3.05, 3.63) is 30.3 Å². The summed E-state index contributed by atoms with van der Waals surface area (Å²) in [5.74, 6) is 0. The molecule has 0 aromatic heterocycles. The molecule has 0 bridgehead atoms. The maximum atomic E-state index is 3.11. The SMILES string of the molecule is [c]1ccc(N2CCCC2CN2CCCC2)cc1. The zero-order valence-corrected chi connectivity index (χ0v) is 10.4. The topological polar surface area (TPSA) is 6.48 Å². The highest BCUT2D eigenvalue weighted by Crippen LogP contribution is 2.26. The first-order chi connectivity index (χ1) is 8.43. The summed E-state index contributed by atoms with van der Waals surface area (Å²) in [6, 6.07) is 12.3. The van der Waals surface area contributed by atoms with E-state index >= 15 is 0 Å². The standard InChI is InChI=1S/C15H21N2/c1-2-7-14(8-3-1)17-12-6-9-15(17)13-16-10-4-5-11-16/h2-3,7-8,15H,4-6,9-13H2. The van der Waals surface area contributed by atoms with Crippen molar-refractivity contribution in [3.8, 4) is 0 Å². The first-order valence-corrected chi connectivity index (χ1v) is 6.88. The van der Waals surface area contributed by atoms with Gasteiger partial charge in [-0.15, -0.1) is 0 Å². The fraction of sp³-hybridized carbons (Fsp3) is 0.600. The van der Waals surface area contributed by atoms with Crippen molar-refractivity contribution in [2.45, 2.75) is 31.7 Å². The largest absolute Gasteiger partial charge is 0.367 e. The lowest BCUT2D eigenvalue weighted by Crippen LogP contribution is -2.39. The van der Waals surface area contributed by atoms with Crippen LogP contribution in [0.5, 0.6) is 0 Å². The van der Waals surface area contributed by atoms with Gasteiger partial charge in [0.25, 0.3) is 0 Å². The number of hydrogen-bond acceptors (Lipinski definition) is 2. The van der Waals surface area contributed by atoms with E-state index in [-0.39, 0.29) is 0 Å². The quantitative estimate of drug-likeness (QED) is 0.786. The molecule has 3 rings (SSSR count). The molecule has 2 heteroatoms. The second-order valence-electron chi connectivity index (χ2n) is 5.26. The van der Waals surface area contributed by atoms with Crippen molar-refractivity contribution in [2.24, 2.45) is 0 Å². The van der Waals surface area contributed by atoms with Crippen LogP contribution in [0.15, 0.2) is 24.3 Å². The average molecular weight is 229 g/mol. The number of nitrogens with zero attached hydrogens (tertiary/aromatic N) is 2. The third-order valence-corrected chi connectivity index (χ3v) is 4.08. The molecule has 0 amide bonds. The van der Waals surface area contributed by atoms with Gasteiger partial charge >= 0.3 is 0 Å². The second-order valence-corrected chi connectivity index (χ2v) is 5.26. The third-order valence-electron chi connectivity index (χ3n) is 4.08. The van der Waals surface area contributed by atoms with Gasteiger partial charge in [-0.05, 0) is 57.0 Å². The Kier molecular flexibility index (Phi) is 3.32. The lowest BCUT2D eigenvalue weighted by molar-refractivity contribution is 0.314. The summed E-state index contributed by atoms with van der Waals surface area (Å²) in [7, 11) is 0. The molecule has 91 valence electrons. The van der Waals surface area contributed by atoms with Gasteiger partial charge in [-0.2, -0.15) is 0 Å². The van der Waals surface area contributed by atoms with Crippen LogP contribution in [0, 0.1) is 6.07 Å². The maximum absolute atomic E-state index is 3.11. The lowest BCUT2D eigenvalue weighted by atomic mass is 10.2. The van der Waals surface area contributed by atoms with Gasteiger partial charge in [0.1, 0.15) is 0 Å². The molecule has 2 aliphatic heterocycles. The molecule has 1 unspecified atom stereocenters. The van der Waals surface area contributed by atoms with E-state index in [4.69, 9.17) is 0 Å². The Morgan fingerprint density at radius 1 is 1.06 bits per heavy atom. The van der Waals surface area contributed by atoms with Crippen molar-refractivity contribution in [1.82, 2.24) is 4.90 Å². The molecule has 2 nitrogen and oxygen atoms in total. The summed E-state index contributed by atoms with van der Waals surface area (Å²) < 4.78 is 0. The van der Waals surface area contributed by atoms with Crippen LogP contribution < -0.4 is 4.90 Å². The van der Waals surface area contributed by atoms with Gasteiger partial charge in [0.2, 0.25) is 0 Å². The minimum Gasteiger partial charge on any atom is -0.367 e. The Bertz CT molecular complexity index is 343. The molecule has 0 N–H and O–H groups in total. The van der Waals surface area contributed by atoms with Crippen molar-refractivity contribution in [1.29, 1.82) is 0 Å². The molecule has 0 aliphatic carbocycles. The minimum atomic E-state index is 0.732. The summed E-state index contributed by atoms with van der Waals surface area (Å²) >= 11 is 0. The highest BCUT2D eigenvalue weighted by Gasteiger charge is 2.27. The van der Waals surface area contributed by atoms with Crippen LogP contribution in [0.3, 0.4) is 0 Å². The smallest absolute Gasteiger partial charge is 0.0417 e. The van der Waals surface area contributed by atoms with Crippen molar-refractivity contribution in [3.63, 3.8) is 0 Å². The van der Waals surface area contributed by atoms with Crippen LogP contribution in [-0.4, -0.2) is 37.1 Å². The molecule has 1 aromatic rings. The number of rotatable bonds is 3. The van der Waals surface area contributed by atoms with Crippen LogP contribution >= 0.6 is 0 Å². The first kappa shape index (κ1) is 11.1. The van der Waals surface area contributed by atoms with E-state index in [9.17, 15) is 0 Å². The number of likely N-dealkylation sites (tertiary alicyclic amines) is 1. The van der Waals surface area contributed by atoms with Crippen LogP contribution in [-0.2, 0) is 0 Å². The molecule has 2 heterocycles. The number of anilines is 1. The fourth-order valence-corrected chi connectivity index (χ4v) is 3.20. The molecule has 2 saturated heterocycles. The van der Waals surface area contributed by atoms with Gasteiger partial charge in [-0.25, -0.2) is 0 Å². The minimum absolute atomic E-state index is 0.732. The Morgan fingerprint density at radius 2 is 1.82 bits per heavy atom. The molecule has 17 heavy (non-hydrogen) atoms. The van der Waals surface area contributed by atoms with Crippen molar-refractivity contribution in [2.75, 3.05) is 31.1 Å². The van der Waals surface area contributed by atoms with Gasteiger partial charge in [0, 0.05) is 24.8 Å². The Balaban J connectivity index is 1.67. The molecule has 2 fully saturated rings. The fourth-order valence-electron chi connectivity index (χ4n) is 3.20. The van der Waals surface area contributed by atoms with Crippen molar-refractivity contribution >= 4 is 5.69 Å². The van der Waals surface area contributed by atoms with E-state index in [1.807, 2.05) is 12.1 Å². The summed E-state index contributed by atoms with van der Waals surface area (Å²) in [6.07, 6.45) is 5.49. The normalized spacial score (nSPS) is 25.6. The Morgan fingerprint density at radius 3 is 2.59 bits per heavy atom. The van der Waals surface area contributed by atoms with E-state index in [0.29, 0.717) is 0 Å². The van der Waals surface area contributed by atoms with Gasteiger partial charge in [-0.1, -0.05) is 12.1 Å². The van der Waals surface area contributed by atoms with E-state index in [1.165, 1.54) is 57.5 Å². The van der Waals surface area contributed by atoms with Crippen LogP contribution in [0.2, 0.25) is 0 Å². The van der Waals surface area contributed by atoms with Gasteiger partial charge in [-0.3, -0.25) is 0 Å². The third kappa shape index (κ3) is 2.47. The average Bonchev–Trinajstić information content (AvgIpc) is 3.02. The molecule has 1 radical (unpaired) electrons. The Hall–Kier alpha value is -1.02. The summed E-state index contributed by atoms with van der Waals surface area (Å²) in [6.45, 7) is 5.11. The van der Waals surface area contributed by atoms with Crippen LogP contribution in [0.1, 0.15) is 25.7 Å². The van der Waals surface area contributed by atoms with E-state index in [2.05, 4.69) is 28.0 Å². The monoisotopic (exact) mass is 229 g/mol. The van der Waals surface area contributed by atoms with Gasteiger partial charge in [0.15, 0.2) is 0 Å². The molecule has 1 aromatic carbocycles. The number of hydrogen-bond donors (Lipinski definition) is 0. The van der Waals surface area contributed by atoms with Gasteiger partial charge < -0.3 is 9.80 Å². The van der Waals surface area contributed by atoms with Crippen molar-refractivity contribution < 1.29 is 0 Å². The maximum Gasteiger partial charge on any atom is 0.0417 e. The lowest BCUT2D eigenvalue weighted by Gasteiger charge is -2.30. The predicted molar refractivity (Wildman–Crippen MR) is 71.3 cm³/mol. The first-order valence-electron chi connectivity index (χ1n) is 6.88. The van der Waals surface area contributed by atoms with Gasteiger partial charge in [0.05, 0.1) is 0 Å². The predicted octanol–water partition coefficient (Wildman–Crippen LogP) is 2.55. The molecular weight excluding hydrogens is 208 g/mol. The zero-order chi connectivity index (χ0) is 11.5. The summed E-state index contributed by atoms with van der Waals surface area (Å²) in [5.41, 5.74) is 1.38. The van der Waals surface area contributed by atoms with E-state index < -0.39 is 0 Å². The summed E-state index contributed by atoms with van der Waals surface area (Å²) in [5, 5.41) is 0. The number of benzene rings is 1. The molecule has 2 aliphatic rings. The van der Waals surface area contributed by atoms with Crippen LogP contribution in [0.25, 0.3) is 0 Å². The molecule has 0 spiro atoms. The second kappa shape index (κ2) is 5.09. The van der Waals surface area contributed by atoms with Crippen LogP contribution in [0.4, 0.5) is 5.69 Å².